The molecule has 0 spiro atoms. The molecule has 0 aliphatic carbocycles. The van der Waals surface area contributed by atoms with E-state index in [1.807, 2.05) is 0 Å². The molecule has 1 atom stereocenters. The second-order valence-electron chi connectivity index (χ2n) is 4.48. The van der Waals surface area contributed by atoms with Crippen LogP contribution in [0.25, 0.3) is 0 Å². The normalized spacial score (nSPS) is 11.5. The molecule has 21 heavy (non-hydrogen) atoms. The van der Waals surface area contributed by atoms with E-state index in [-0.39, 0.29) is 11.4 Å². The summed E-state index contributed by atoms with van der Waals surface area (Å²) in [6.45, 7) is 3.31. The predicted molar refractivity (Wildman–Crippen MR) is 76.3 cm³/mol. The fraction of sp³-hybridized carbons (Fsp3) is 0.385. The average molecular weight is 295 g/mol. The summed E-state index contributed by atoms with van der Waals surface area (Å²) in [6.07, 6.45) is 0.907. The molecule has 0 aromatic heterocycles. The van der Waals surface area contributed by atoms with Gasteiger partial charge in [0.05, 0.1) is 16.2 Å². The Kier molecular flexibility index (Phi) is 5.65. The van der Waals surface area contributed by atoms with Crippen molar-refractivity contribution < 1.29 is 19.6 Å². The number of amides is 2. The molecule has 0 heterocycles. The minimum Gasteiger partial charge on any atom is -0.480 e. The fourth-order valence-corrected chi connectivity index (χ4v) is 1.82. The maximum Gasteiger partial charge on any atom is 0.326 e. The topological polar surface area (TPSA) is 122 Å². The van der Waals surface area contributed by atoms with Crippen LogP contribution >= 0.6 is 0 Å². The molecule has 0 saturated heterocycles. The Morgan fingerprint density at radius 3 is 2.62 bits per heavy atom. The summed E-state index contributed by atoms with van der Waals surface area (Å²) in [7, 11) is 0. The Hall–Kier alpha value is -2.64. The largest absolute Gasteiger partial charge is 0.480 e. The van der Waals surface area contributed by atoms with Crippen molar-refractivity contribution >= 4 is 23.4 Å². The summed E-state index contributed by atoms with van der Waals surface area (Å²) in [4.78, 5) is 33.0. The molecule has 3 N–H and O–H groups in total. The van der Waals surface area contributed by atoms with Gasteiger partial charge in [-0.2, -0.15) is 0 Å². The molecular weight excluding hydrogens is 278 g/mol. The highest BCUT2D eigenvalue weighted by molar-refractivity contribution is 5.93. The number of rotatable bonds is 6. The summed E-state index contributed by atoms with van der Waals surface area (Å²) in [5.41, 5.74) is 0.457. The van der Waals surface area contributed by atoms with Gasteiger partial charge in [0.2, 0.25) is 0 Å². The molecular formula is C13H17N3O5. The first-order valence-corrected chi connectivity index (χ1v) is 6.41. The second-order valence-corrected chi connectivity index (χ2v) is 4.48. The number of anilines is 1. The average Bonchev–Trinajstić information content (AvgIpc) is 2.40. The van der Waals surface area contributed by atoms with Gasteiger partial charge in [0, 0.05) is 6.07 Å². The summed E-state index contributed by atoms with van der Waals surface area (Å²) in [5.74, 6) is -1.12. The zero-order valence-corrected chi connectivity index (χ0v) is 11.8. The number of carbonyl (C=O) groups excluding carboxylic acids is 1. The molecule has 1 aromatic carbocycles. The third-order valence-electron chi connectivity index (χ3n) is 2.93. The van der Waals surface area contributed by atoms with Gasteiger partial charge in [-0.25, -0.2) is 9.59 Å². The number of nitrogens with zero attached hydrogens (tertiary/aromatic N) is 1. The molecule has 114 valence electrons. The number of carbonyl (C=O) groups is 2. The van der Waals surface area contributed by atoms with E-state index in [2.05, 4.69) is 10.6 Å². The number of nitro benzene ring substituents is 1. The molecule has 0 saturated carbocycles. The quantitative estimate of drug-likeness (QED) is 0.549. The number of urea groups is 1. The smallest absolute Gasteiger partial charge is 0.326 e. The lowest BCUT2D eigenvalue weighted by atomic mass is 10.1. The summed E-state index contributed by atoms with van der Waals surface area (Å²) in [5, 5.41) is 24.5. The Morgan fingerprint density at radius 1 is 1.43 bits per heavy atom. The van der Waals surface area contributed by atoms with E-state index >= 15 is 0 Å². The zero-order valence-electron chi connectivity index (χ0n) is 11.8. The third-order valence-corrected chi connectivity index (χ3v) is 2.93. The standard InChI is InChI=1S/C13H17N3O5/c1-3-5-10(12(17)18)15-13(19)14-9-6-4-7-11(8(9)2)16(20)21/h4,6-7,10H,3,5H2,1-2H3,(H,17,18)(H2,14,15,19)/t10-/m0/s1. The van der Waals surface area contributed by atoms with Crippen LogP contribution < -0.4 is 10.6 Å². The van der Waals surface area contributed by atoms with Crippen LogP contribution in [0.3, 0.4) is 0 Å². The first-order valence-electron chi connectivity index (χ1n) is 6.41. The maximum atomic E-state index is 11.8. The Labute approximate surface area is 121 Å². The van der Waals surface area contributed by atoms with Gasteiger partial charge < -0.3 is 15.7 Å². The van der Waals surface area contributed by atoms with Crippen LogP contribution in [0, 0.1) is 17.0 Å². The van der Waals surface area contributed by atoms with Crippen molar-refractivity contribution in [2.75, 3.05) is 5.32 Å². The minimum absolute atomic E-state index is 0.115. The van der Waals surface area contributed by atoms with Crippen molar-refractivity contribution in [2.45, 2.75) is 32.7 Å². The van der Waals surface area contributed by atoms with Crippen LogP contribution in [0.15, 0.2) is 18.2 Å². The van der Waals surface area contributed by atoms with Crippen LogP contribution in [0.4, 0.5) is 16.2 Å². The lowest BCUT2D eigenvalue weighted by Gasteiger charge is -2.15. The molecule has 0 radical (unpaired) electrons. The van der Waals surface area contributed by atoms with Crippen molar-refractivity contribution in [3.05, 3.63) is 33.9 Å². The van der Waals surface area contributed by atoms with E-state index in [1.54, 1.807) is 6.92 Å². The predicted octanol–water partition coefficient (Wildman–Crippen LogP) is 2.28. The van der Waals surface area contributed by atoms with Gasteiger partial charge in [-0.3, -0.25) is 10.1 Å². The summed E-state index contributed by atoms with van der Waals surface area (Å²) < 4.78 is 0. The highest BCUT2D eigenvalue weighted by atomic mass is 16.6. The Morgan fingerprint density at radius 2 is 2.10 bits per heavy atom. The monoisotopic (exact) mass is 295 g/mol. The van der Waals surface area contributed by atoms with Crippen LogP contribution in [-0.4, -0.2) is 28.1 Å². The molecule has 8 nitrogen and oxygen atoms in total. The highest BCUT2D eigenvalue weighted by Crippen LogP contribution is 2.24. The van der Waals surface area contributed by atoms with Gasteiger partial charge in [-0.1, -0.05) is 19.4 Å². The minimum atomic E-state index is -1.12. The van der Waals surface area contributed by atoms with Crippen LogP contribution in [0.1, 0.15) is 25.3 Å². The van der Waals surface area contributed by atoms with Crippen molar-refractivity contribution in [1.29, 1.82) is 0 Å². The summed E-state index contributed by atoms with van der Waals surface area (Å²) in [6, 6.07) is 2.59. The van der Waals surface area contributed by atoms with Gasteiger partial charge in [0.15, 0.2) is 0 Å². The molecule has 0 aliphatic rings. The maximum absolute atomic E-state index is 11.8. The number of carboxylic acid groups (broad SMARTS) is 1. The van der Waals surface area contributed by atoms with Crippen molar-refractivity contribution in [1.82, 2.24) is 5.32 Å². The van der Waals surface area contributed by atoms with E-state index in [0.29, 0.717) is 18.4 Å². The van der Waals surface area contributed by atoms with Crippen molar-refractivity contribution in [3.8, 4) is 0 Å². The highest BCUT2D eigenvalue weighted by Gasteiger charge is 2.20. The van der Waals surface area contributed by atoms with E-state index < -0.39 is 23.0 Å². The molecule has 1 rings (SSSR count). The zero-order chi connectivity index (χ0) is 16.0. The van der Waals surface area contributed by atoms with Gasteiger partial charge in [0.25, 0.3) is 5.69 Å². The first-order chi connectivity index (χ1) is 9.86. The van der Waals surface area contributed by atoms with Gasteiger partial charge in [-0.15, -0.1) is 0 Å². The lowest BCUT2D eigenvalue weighted by Crippen LogP contribution is -2.43. The number of carboxylic acids is 1. The van der Waals surface area contributed by atoms with Crippen molar-refractivity contribution in [2.24, 2.45) is 0 Å². The SMILES string of the molecule is CCC[C@H](NC(=O)Nc1cccc([N+](=O)[O-])c1C)C(=O)O. The van der Waals surface area contributed by atoms with E-state index in [4.69, 9.17) is 5.11 Å². The number of benzene rings is 1. The van der Waals surface area contributed by atoms with E-state index in [1.165, 1.54) is 25.1 Å². The second kappa shape index (κ2) is 7.22. The van der Waals surface area contributed by atoms with E-state index in [0.717, 1.165) is 0 Å². The third kappa shape index (κ3) is 4.44. The Bertz CT molecular complexity index is 559. The molecule has 0 aliphatic heterocycles. The number of nitro groups is 1. The molecule has 0 unspecified atom stereocenters. The number of hydrogen-bond acceptors (Lipinski definition) is 4. The lowest BCUT2D eigenvalue weighted by molar-refractivity contribution is -0.385. The first kappa shape index (κ1) is 16.4. The van der Waals surface area contributed by atoms with Crippen LogP contribution in [-0.2, 0) is 4.79 Å². The summed E-state index contributed by atoms with van der Waals surface area (Å²) >= 11 is 0. The van der Waals surface area contributed by atoms with Gasteiger partial charge >= 0.3 is 12.0 Å². The number of hydrogen-bond donors (Lipinski definition) is 3. The molecule has 8 heteroatoms. The number of aliphatic carboxylic acids is 1. The van der Waals surface area contributed by atoms with E-state index in [9.17, 15) is 19.7 Å². The molecule has 0 bridgehead atoms. The van der Waals surface area contributed by atoms with Crippen LogP contribution in [0.5, 0.6) is 0 Å². The Balaban J connectivity index is 2.82. The van der Waals surface area contributed by atoms with Crippen LogP contribution in [0.2, 0.25) is 0 Å². The van der Waals surface area contributed by atoms with Gasteiger partial charge in [0.1, 0.15) is 6.04 Å². The van der Waals surface area contributed by atoms with Gasteiger partial charge in [-0.05, 0) is 19.4 Å². The number of nitrogens with one attached hydrogen (secondary N) is 2. The molecule has 0 fully saturated rings. The molecule has 1 aromatic rings. The van der Waals surface area contributed by atoms with Crippen molar-refractivity contribution in [3.63, 3.8) is 0 Å². The molecule has 2 amide bonds. The fourth-order valence-electron chi connectivity index (χ4n) is 1.82.